The van der Waals surface area contributed by atoms with E-state index < -0.39 is 0 Å². The lowest BCUT2D eigenvalue weighted by Gasteiger charge is -2.25. The van der Waals surface area contributed by atoms with Gasteiger partial charge in [0.05, 0.1) is 25.7 Å². The third-order valence-corrected chi connectivity index (χ3v) is 3.27. The van der Waals surface area contributed by atoms with Crippen LogP contribution < -0.4 is 10.6 Å². The minimum absolute atomic E-state index is 0.0356. The van der Waals surface area contributed by atoms with Crippen LogP contribution in [0.2, 0.25) is 0 Å². The molecule has 1 saturated heterocycles. The Morgan fingerprint density at radius 2 is 2.14 bits per heavy atom. The van der Waals surface area contributed by atoms with Crippen LogP contribution in [0.5, 0.6) is 0 Å². The van der Waals surface area contributed by atoms with Gasteiger partial charge in [-0.25, -0.2) is 0 Å². The number of rotatable bonds is 5. The number of nitrogens with zero attached hydrogens (tertiary/aromatic N) is 1. The Bertz CT molecular complexity index is 472. The first-order valence-corrected chi connectivity index (χ1v) is 7.06. The standard InChI is InChI=1S/C15H21N3O3/c1-18(15(20)9-13-10-16-7-8-21-13)11-14(19)17-12-5-3-2-4-6-12/h2-6,13,16H,7-11H2,1H3,(H,17,19). The first-order valence-electron chi connectivity index (χ1n) is 7.06. The molecule has 1 aromatic rings. The Labute approximate surface area is 124 Å². The van der Waals surface area contributed by atoms with Gasteiger partial charge in [0, 0.05) is 25.8 Å². The van der Waals surface area contributed by atoms with Crippen LogP contribution in [0.25, 0.3) is 0 Å². The molecule has 0 spiro atoms. The predicted octanol–water partition coefficient (Wildman–Crippen LogP) is 0.462. The van der Waals surface area contributed by atoms with E-state index in [-0.39, 0.29) is 24.5 Å². The normalized spacial score (nSPS) is 18.0. The highest BCUT2D eigenvalue weighted by Gasteiger charge is 2.20. The van der Waals surface area contributed by atoms with E-state index >= 15 is 0 Å². The minimum Gasteiger partial charge on any atom is -0.375 e. The van der Waals surface area contributed by atoms with E-state index in [2.05, 4.69) is 10.6 Å². The molecule has 1 atom stereocenters. The molecule has 1 aromatic carbocycles. The Balaban J connectivity index is 1.75. The van der Waals surface area contributed by atoms with Crippen LogP contribution in [0, 0.1) is 0 Å². The predicted molar refractivity (Wildman–Crippen MR) is 79.9 cm³/mol. The number of para-hydroxylation sites is 1. The van der Waals surface area contributed by atoms with Crippen LogP contribution in [-0.4, -0.2) is 56.1 Å². The number of ether oxygens (including phenoxy) is 1. The number of benzene rings is 1. The number of likely N-dealkylation sites (N-methyl/N-ethyl adjacent to an activating group) is 1. The van der Waals surface area contributed by atoms with Crippen LogP contribution in [-0.2, 0) is 14.3 Å². The molecule has 0 radical (unpaired) electrons. The molecule has 21 heavy (non-hydrogen) atoms. The van der Waals surface area contributed by atoms with Gasteiger partial charge in [0.2, 0.25) is 11.8 Å². The lowest BCUT2D eigenvalue weighted by atomic mass is 10.2. The summed E-state index contributed by atoms with van der Waals surface area (Å²) in [5.74, 6) is -0.299. The molecule has 114 valence electrons. The zero-order valence-corrected chi connectivity index (χ0v) is 12.2. The van der Waals surface area contributed by atoms with Gasteiger partial charge in [-0.05, 0) is 12.1 Å². The summed E-state index contributed by atoms with van der Waals surface area (Å²) in [6.07, 6.45) is 0.188. The maximum atomic E-state index is 12.0. The quantitative estimate of drug-likeness (QED) is 0.827. The van der Waals surface area contributed by atoms with Gasteiger partial charge in [-0.15, -0.1) is 0 Å². The van der Waals surface area contributed by atoms with Crippen LogP contribution in [0.3, 0.4) is 0 Å². The summed E-state index contributed by atoms with van der Waals surface area (Å²) in [4.78, 5) is 25.3. The largest absolute Gasteiger partial charge is 0.375 e. The smallest absolute Gasteiger partial charge is 0.243 e. The molecule has 0 saturated carbocycles. The molecule has 6 nitrogen and oxygen atoms in total. The average Bonchev–Trinajstić information content (AvgIpc) is 2.49. The average molecular weight is 291 g/mol. The Morgan fingerprint density at radius 1 is 1.38 bits per heavy atom. The van der Waals surface area contributed by atoms with Crippen molar-refractivity contribution in [3.05, 3.63) is 30.3 Å². The van der Waals surface area contributed by atoms with Gasteiger partial charge in [0.1, 0.15) is 0 Å². The maximum absolute atomic E-state index is 12.0. The van der Waals surface area contributed by atoms with Gasteiger partial charge >= 0.3 is 0 Å². The van der Waals surface area contributed by atoms with Crippen LogP contribution in [0.15, 0.2) is 30.3 Å². The van der Waals surface area contributed by atoms with Crippen molar-refractivity contribution in [2.45, 2.75) is 12.5 Å². The fourth-order valence-corrected chi connectivity index (χ4v) is 2.13. The van der Waals surface area contributed by atoms with E-state index in [9.17, 15) is 9.59 Å². The van der Waals surface area contributed by atoms with Crippen LogP contribution >= 0.6 is 0 Å². The van der Waals surface area contributed by atoms with Crippen molar-refractivity contribution in [3.8, 4) is 0 Å². The second-order valence-electron chi connectivity index (χ2n) is 5.07. The fourth-order valence-electron chi connectivity index (χ4n) is 2.13. The molecular formula is C15H21N3O3. The molecule has 2 amide bonds. The first kappa shape index (κ1) is 15.5. The SMILES string of the molecule is CN(CC(=O)Nc1ccccc1)C(=O)CC1CNCCO1. The highest BCUT2D eigenvalue weighted by atomic mass is 16.5. The Morgan fingerprint density at radius 3 is 2.81 bits per heavy atom. The number of carbonyl (C=O) groups is 2. The van der Waals surface area contributed by atoms with E-state index in [4.69, 9.17) is 4.74 Å². The van der Waals surface area contributed by atoms with Gasteiger partial charge in [-0.2, -0.15) is 0 Å². The van der Waals surface area contributed by atoms with Crippen molar-refractivity contribution < 1.29 is 14.3 Å². The number of morpholine rings is 1. The summed E-state index contributed by atoms with van der Waals surface area (Å²) in [5, 5.41) is 5.93. The highest BCUT2D eigenvalue weighted by Crippen LogP contribution is 2.06. The van der Waals surface area contributed by atoms with Crippen LogP contribution in [0.4, 0.5) is 5.69 Å². The number of carbonyl (C=O) groups excluding carboxylic acids is 2. The Kier molecular flexibility index (Phi) is 5.71. The molecular weight excluding hydrogens is 270 g/mol. The van der Waals surface area contributed by atoms with Crippen molar-refractivity contribution in [2.75, 3.05) is 38.6 Å². The zero-order valence-electron chi connectivity index (χ0n) is 12.2. The third-order valence-electron chi connectivity index (χ3n) is 3.27. The summed E-state index contributed by atoms with van der Waals surface area (Å²) in [7, 11) is 1.63. The molecule has 0 aliphatic carbocycles. The zero-order chi connectivity index (χ0) is 15.1. The van der Waals surface area contributed by atoms with Gasteiger partial charge in [0.15, 0.2) is 0 Å². The number of amides is 2. The molecule has 1 aliphatic heterocycles. The maximum Gasteiger partial charge on any atom is 0.243 e. The second-order valence-corrected chi connectivity index (χ2v) is 5.07. The molecule has 6 heteroatoms. The van der Waals surface area contributed by atoms with Crippen LogP contribution in [0.1, 0.15) is 6.42 Å². The van der Waals surface area contributed by atoms with Gasteiger partial charge in [0.25, 0.3) is 0 Å². The van der Waals surface area contributed by atoms with Crippen molar-refractivity contribution in [3.63, 3.8) is 0 Å². The molecule has 1 heterocycles. The van der Waals surface area contributed by atoms with E-state index in [0.29, 0.717) is 19.6 Å². The first-order chi connectivity index (χ1) is 10.1. The molecule has 2 rings (SSSR count). The number of hydrogen-bond acceptors (Lipinski definition) is 4. The third kappa shape index (κ3) is 5.17. The molecule has 1 fully saturated rings. The molecule has 0 bridgehead atoms. The van der Waals surface area contributed by atoms with E-state index in [1.165, 1.54) is 4.90 Å². The van der Waals surface area contributed by atoms with E-state index in [0.717, 1.165) is 12.2 Å². The summed E-state index contributed by atoms with van der Waals surface area (Å²) in [6, 6.07) is 9.18. The summed E-state index contributed by atoms with van der Waals surface area (Å²) < 4.78 is 5.49. The van der Waals surface area contributed by atoms with Crippen molar-refractivity contribution in [2.24, 2.45) is 0 Å². The van der Waals surface area contributed by atoms with E-state index in [1.54, 1.807) is 19.2 Å². The monoisotopic (exact) mass is 291 g/mol. The minimum atomic E-state index is -0.209. The van der Waals surface area contributed by atoms with Gasteiger partial charge in [-0.1, -0.05) is 18.2 Å². The summed E-state index contributed by atoms with van der Waals surface area (Å²) in [5.41, 5.74) is 0.725. The molecule has 0 aromatic heterocycles. The lowest BCUT2D eigenvalue weighted by Crippen LogP contribution is -2.43. The van der Waals surface area contributed by atoms with Crippen molar-refractivity contribution >= 4 is 17.5 Å². The second kappa shape index (κ2) is 7.75. The highest BCUT2D eigenvalue weighted by molar-refractivity contribution is 5.94. The number of nitrogens with one attached hydrogen (secondary N) is 2. The molecule has 1 aliphatic rings. The van der Waals surface area contributed by atoms with Crippen molar-refractivity contribution in [1.82, 2.24) is 10.2 Å². The van der Waals surface area contributed by atoms with E-state index in [1.807, 2.05) is 18.2 Å². The van der Waals surface area contributed by atoms with Gasteiger partial charge in [-0.3, -0.25) is 9.59 Å². The van der Waals surface area contributed by atoms with Crippen molar-refractivity contribution in [1.29, 1.82) is 0 Å². The number of anilines is 1. The molecule has 1 unspecified atom stereocenters. The summed E-state index contributed by atoms with van der Waals surface area (Å²) in [6.45, 7) is 2.15. The molecule has 2 N–H and O–H groups in total. The van der Waals surface area contributed by atoms with Gasteiger partial charge < -0.3 is 20.3 Å². The Hall–Kier alpha value is -1.92. The lowest BCUT2D eigenvalue weighted by molar-refractivity contribution is -0.136. The topological polar surface area (TPSA) is 70.7 Å². The fraction of sp³-hybridized carbons (Fsp3) is 0.467. The summed E-state index contributed by atoms with van der Waals surface area (Å²) >= 11 is 0. The number of hydrogen-bond donors (Lipinski definition) is 2.